The fourth-order valence-electron chi connectivity index (χ4n) is 3.15. The second-order valence-electron chi connectivity index (χ2n) is 8.11. The number of hydrogen-bond donors (Lipinski definition) is 0. The van der Waals surface area contributed by atoms with Gasteiger partial charge in [0.25, 0.3) is 0 Å². The van der Waals surface area contributed by atoms with E-state index in [2.05, 4.69) is 46.4 Å². The van der Waals surface area contributed by atoms with Crippen molar-refractivity contribution in [2.75, 3.05) is 18.0 Å². The molecule has 0 unspecified atom stereocenters. The van der Waals surface area contributed by atoms with Gasteiger partial charge in [0.1, 0.15) is 5.82 Å². The van der Waals surface area contributed by atoms with Gasteiger partial charge in [-0.05, 0) is 47.1 Å². The van der Waals surface area contributed by atoms with Crippen molar-refractivity contribution in [3.05, 3.63) is 41.2 Å². The van der Waals surface area contributed by atoms with E-state index < -0.39 is 0 Å². The van der Waals surface area contributed by atoms with E-state index in [1.807, 2.05) is 12.1 Å². The molecule has 1 nitrogen and oxygen atoms in total. The van der Waals surface area contributed by atoms with Crippen LogP contribution in [0.25, 0.3) is 0 Å². The first kappa shape index (κ1) is 16.1. The molecular weight excluding hydrogens is 261 g/mol. The maximum atomic E-state index is 13.1. The third-order valence-corrected chi connectivity index (χ3v) is 4.35. The molecular formula is C19H28FN. The molecule has 1 aromatic carbocycles. The maximum absolute atomic E-state index is 13.1. The number of hydrogen-bond acceptors (Lipinski definition) is 1. The summed E-state index contributed by atoms with van der Waals surface area (Å²) in [7, 11) is 0. The molecule has 1 aliphatic rings. The molecule has 0 fully saturated rings. The van der Waals surface area contributed by atoms with Crippen LogP contribution in [0.1, 0.15) is 48.0 Å². The Morgan fingerprint density at radius 2 is 1.38 bits per heavy atom. The molecule has 1 aliphatic heterocycles. The van der Waals surface area contributed by atoms with Crippen LogP contribution in [-0.4, -0.2) is 13.1 Å². The van der Waals surface area contributed by atoms with Gasteiger partial charge in [0.05, 0.1) is 0 Å². The van der Waals surface area contributed by atoms with Crippen molar-refractivity contribution < 1.29 is 4.39 Å². The van der Waals surface area contributed by atoms with E-state index in [-0.39, 0.29) is 16.6 Å². The van der Waals surface area contributed by atoms with Gasteiger partial charge in [-0.2, -0.15) is 0 Å². The lowest BCUT2D eigenvalue weighted by Crippen LogP contribution is -2.38. The molecule has 0 radical (unpaired) electrons. The van der Waals surface area contributed by atoms with Crippen LogP contribution in [0.3, 0.4) is 0 Å². The second-order valence-corrected chi connectivity index (χ2v) is 8.11. The Bertz CT molecular complexity index is 526. The van der Waals surface area contributed by atoms with Gasteiger partial charge < -0.3 is 4.90 Å². The summed E-state index contributed by atoms with van der Waals surface area (Å²) < 4.78 is 13.1. The topological polar surface area (TPSA) is 3.24 Å². The van der Waals surface area contributed by atoms with Crippen molar-refractivity contribution in [3.8, 4) is 0 Å². The van der Waals surface area contributed by atoms with Crippen LogP contribution in [0.5, 0.6) is 0 Å². The number of nitrogens with zero attached hydrogens (tertiary/aromatic N) is 1. The SMILES string of the molecule is CC(C)(C)C1=C(C(C)(C)C)CN(c2ccc(F)cc2)CC1. The fourth-order valence-corrected chi connectivity index (χ4v) is 3.15. The van der Waals surface area contributed by atoms with Gasteiger partial charge in [0.15, 0.2) is 0 Å². The maximum Gasteiger partial charge on any atom is 0.123 e. The highest BCUT2D eigenvalue weighted by Gasteiger charge is 2.32. The molecule has 0 aliphatic carbocycles. The summed E-state index contributed by atoms with van der Waals surface area (Å²) in [5, 5.41) is 0. The number of anilines is 1. The molecule has 0 spiro atoms. The monoisotopic (exact) mass is 289 g/mol. The first-order valence-electron chi connectivity index (χ1n) is 7.82. The number of benzene rings is 1. The molecule has 0 N–H and O–H groups in total. The Morgan fingerprint density at radius 3 is 1.86 bits per heavy atom. The Morgan fingerprint density at radius 1 is 0.857 bits per heavy atom. The average molecular weight is 289 g/mol. The molecule has 0 bridgehead atoms. The lowest BCUT2D eigenvalue weighted by molar-refractivity contribution is 0.408. The second kappa shape index (κ2) is 5.47. The lowest BCUT2D eigenvalue weighted by atomic mass is 9.72. The predicted molar refractivity (Wildman–Crippen MR) is 89.2 cm³/mol. The minimum Gasteiger partial charge on any atom is -0.367 e. The van der Waals surface area contributed by atoms with Gasteiger partial charge in [-0.25, -0.2) is 4.39 Å². The number of rotatable bonds is 1. The molecule has 1 aromatic rings. The summed E-state index contributed by atoms with van der Waals surface area (Å²) in [4.78, 5) is 2.37. The van der Waals surface area contributed by atoms with Crippen molar-refractivity contribution >= 4 is 5.69 Å². The summed E-state index contributed by atoms with van der Waals surface area (Å²) in [6.07, 6.45) is 1.09. The summed E-state index contributed by atoms with van der Waals surface area (Å²) in [6, 6.07) is 6.87. The molecule has 1 heterocycles. The Hall–Kier alpha value is -1.31. The fraction of sp³-hybridized carbons (Fsp3) is 0.579. The smallest absolute Gasteiger partial charge is 0.123 e. The van der Waals surface area contributed by atoms with Crippen LogP contribution in [0.4, 0.5) is 10.1 Å². The summed E-state index contributed by atoms with van der Waals surface area (Å²) in [6.45, 7) is 15.8. The van der Waals surface area contributed by atoms with Crippen molar-refractivity contribution in [2.24, 2.45) is 10.8 Å². The standard InChI is InChI=1S/C19H28FN/c1-18(2,3)16-11-12-21(13-17(16)19(4,5)6)15-9-7-14(20)8-10-15/h7-10H,11-13H2,1-6H3. The zero-order chi connectivity index (χ0) is 15.8. The van der Waals surface area contributed by atoms with E-state index in [1.165, 1.54) is 5.57 Å². The summed E-state index contributed by atoms with van der Waals surface area (Å²) >= 11 is 0. The molecule has 0 aromatic heterocycles. The number of halogens is 1. The lowest BCUT2D eigenvalue weighted by Gasteiger charge is -2.42. The highest BCUT2D eigenvalue weighted by molar-refractivity contribution is 5.50. The summed E-state index contributed by atoms with van der Waals surface area (Å²) in [5.41, 5.74) is 4.63. The molecule has 21 heavy (non-hydrogen) atoms. The largest absolute Gasteiger partial charge is 0.367 e. The Labute approximate surface area is 128 Å². The minimum absolute atomic E-state index is 0.168. The van der Waals surface area contributed by atoms with Crippen LogP contribution in [-0.2, 0) is 0 Å². The van der Waals surface area contributed by atoms with Gasteiger partial charge in [0, 0.05) is 18.8 Å². The van der Waals surface area contributed by atoms with E-state index in [1.54, 1.807) is 17.7 Å². The molecule has 116 valence electrons. The molecule has 0 amide bonds. The first-order valence-corrected chi connectivity index (χ1v) is 7.82. The third-order valence-electron chi connectivity index (χ3n) is 4.35. The van der Waals surface area contributed by atoms with E-state index >= 15 is 0 Å². The van der Waals surface area contributed by atoms with Gasteiger partial charge >= 0.3 is 0 Å². The zero-order valence-corrected chi connectivity index (χ0v) is 14.3. The Balaban J connectivity index is 2.35. The predicted octanol–water partition coefficient (Wildman–Crippen LogP) is 5.42. The van der Waals surface area contributed by atoms with Crippen LogP contribution in [0, 0.1) is 16.6 Å². The van der Waals surface area contributed by atoms with Crippen molar-refractivity contribution in [1.29, 1.82) is 0 Å². The average Bonchev–Trinajstić information content (AvgIpc) is 2.37. The van der Waals surface area contributed by atoms with E-state index in [9.17, 15) is 4.39 Å². The molecule has 2 rings (SSSR count). The van der Waals surface area contributed by atoms with Crippen LogP contribution >= 0.6 is 0 Å². The third kappa shape index (κ3) is 3.66. The van der Waals surface area contributed by atoms with Gasteiger partial charge in [-0.3, -0.25) is 0 Å². The molecule has 0 saturated carbocycles. The van der Waals surface area contributed by atoms with Crippen LogP contribution < -0.4 is 4.90 Å². The minimum atomic E-state index is -0.169. The quantitative estimate of drug-likeness (QED) is 0.624. The van der Waals surface area contributed by atoms with Gasteiger partial charge in [-0.15, -0.1) is 0 Å². The van der Waals surface area contributed by atoms with Crippen molar-refractivity contribution in [1.82, 2.24) is 0 Å². The van der Waals surface area contributed by atoms with Gasteiger partial charge in [-0.1, -0.05) is 47.1 Å². The first-order chi connectivity index (χ1) is 9.59. The van der Waals surface area contributed by atoms with Gasteiger partial charge in [0.2, 0.25) is 0 Å². The van der Waals surface area contributed by atoms with Crippen LogP contribution in [0.15, 0.2) is 35.4 Å². The van der Waals surface area contributed by atoms with E-state index in [4.69, 9.17) is 0 Å². The zero-order valence-electron chi connectivity index (χ0n) is 14.3. The van der Waals surface area contributed by atoms with Crippen LogP contribution in [0.2, 0.25) is 0 Å². The molecule has 0 atom stereocenters. The highest BCUT2D eigenvalue weighted by atomic mass is 19.1. The van der Waals surface area contributed by atoms with E-state index in [0.29, 0.717) is 0 Å². The Kier molecular flexibility index (Phi) is 4.19. The highest BCUT2D eigenvalue weighted by Crippen LogP contribution is 2.41. The van der Waals surface area contributed by atoms with Crippen molar-refractivity contribution in [3.63, 3.8) is 0 Å². The van der Waals surface area contributed by atoms with Crippen molar-refractivity contribution in [2.45, 2.75) is 48.0 Å². The van der Waals surface area contributed by atoms with E-state index in [0.717, 1.165) is 25.2 Å². The normalized spacial score (nSPS) is 17.4. The molecule has 2 heteroatoms. The summed E-state index contributed by atoms with van der Waals surface area (Å²) in [5.74, 6) is -0.169. The molecule has 0 saturated heterocycles.